The van der Waals surface area contributed by atoms with Crippen molar-refractivity contribution < 1.29 is 18.0 Å². The molecule has 2 aliphatic heterocycles. The molecule has 0 bridgehead atoms. The van der Waals surface area contributed by atoms with Gasteiger partial charge in [0.2, 0.25) is 0 Å². The number of halogens is 3. The van der Waals surface area contributed by atoms with Gasteiger partial charge in [0.15, 0.2) is 6.29 Å². The van der Waals surface area contributed by atoms with Crippen molar-refractivity contribution in [3.63, 3.8) is 0 Å². The van der Waals surface area contributed by atoms with Crippen LogP contribution in [0.3, 0.4) is 0 Å². The van der Waals surface area contributed by atoms with E-state index >= 15 is 0 Å². The molecule has 1 saturated heterocycles. The van der Waals surface area contributed by atoms with Gasteiger partial charge in [-0.25, -0.2) is 0 Å². The molecule has 1 unspecified atom stereocenters. The predicted molar refractivity (Wildman–Crippen MR) is 93.6 cm³/mol. The smallest absolute Gasteiger partial charge is 0.368 e. The Labute approximate surface area is 150 Å². The fourth-order valence-electron chi connectivity index (χ4n) is 3.23. The second-order valence-corrected chi connectivity index (χ2v) is 6.10. The second kappa shape index (κ2) is 7.26. The highest BCUT2D eigenvalue weighted by atomic mass is 19.4. The summed E-state index contributed by atoms with van der Waals surface area (Å²) in [6, 6.07) is 6.34. The fourth-order valence-corrected chi connectivity index (χ4v) is 3.23. The largest absolute Gasteiger partial charge is 0.417 e. The number of alkyl halides is 3. The Morgan fingerprint density at radius 2 is 2.15 bits per heavy atom. The Morgan fingerprint density at radius 1 is 1.35 bits per heavy atom. The zero-order chi connectivity index (χ0) is 18.7. The highest BCUT2D eigenvalue weighted by Gasteiger charge is 2.34. The summed E-state index contributed by atoms with van der Waals surface area (Å²) in [7, 11) is 0. The molecular formula is C19H18F3N3O. The number of allylic oxidation sites excluding steroid dienone is 2. The number of rotatable bonds is 3. The van der Waals surface area contributed by atoms with Crippen molar-refractivity contribution in [1.82, 2.24) is 10.2 Å². The number of hydrogen-bond donors (Lipinski definition) is 1. The van der Waals surface area contributed by atoms with Gasteiger partial charge in [-0.15, -0.1) is 0 Å². The van der Waals surface area contributed by atoms with Gasteiger partial charge in [0, 0.05) is 49.2 Å². The molecule has 7 heteroatoms. The lowest BCUT2D eigenvalue weighted by Crippen LogP contribution is -2.53. The van der Waals surface area contributed by atoms with Crippen LogP contribution in [0.5, 0.6) is 0 Å². The standard InChI is InChI=1S/C19H18F3N3O/c1-2-24-9-4-3-5-18(24)17-12-25(10-8-23-17)15-7-6-14(13-26)16(11-15)19(20,21)22/h1,3-7,11,13,17,23H,8-10,12H2. The van der Waals surface area contributed by atoms with Gasteiger partial charge in [-0.1, -0.05) is 18.6 Å². The molecule has 0 amide bonds. The maximum absolute atomic E-state index is 13.2. The third-order valence-electron chi connectivity index (χ3n) is 4.53. The van der Waals surface area contributed by atoms with Gasteiger partial charge in [-0.3, -0.25) is 4.79 Å². The highest BCUT2D eigenvalue weighted by molar-refractivity contribution is 5.79. The van der Waals surface area contributed by atoms with Crippen LogP contribution in [0.1, 0.15) is 15.9 Å². The molecule has 1 atom stereocenters. The van der Waals surface area contributed by atoms with Crippen LogP contribution in [0, 0.1) is 12.5 Å². The minimum Gasteiger partial charge on any atom is -0.368 e. The topological polar surface area (TPSA) is 35.6 Å². The molecule has 2 heterocycles. The second-order valence-electron chi connectivity index (χ2n) is 6.10. The first-order valence-corrected chi connectivity index (χ1v) is 8.19. The van der Waals surface area contributed by atoms with Crippen molar-refractivity contribution in [2.24, 2.45) is 0 Å². The molecule has 0 aromatic heterocycles. The van der Waals surface area contributed by atoms with Crippen molar-refractivity contribution in [3.05, 3.63) is 53.3 Å². The van der Waals surface area contributed by atoms with Crippen LogP contribution in [0.25, 0.3) is 0 Å². The van der Waals surface area contributed by atoms with Crippen LogP contribution in [0.4, 0.5) is 18.9 Å². The fraction of sp³-hybridized carbons (Fsp3) is 0.316. The summed E-state index contributed by atoms with van der Waals surface area (Å²) in [5.41, 5.74) is 0.0885. The number of carbonyl (C=O) groups is 1. The summed E-state index contributed by atoms with van der Waals surface area (Å²) in [6.07, 6.45) is 6.99. The number of terminal acetylenes is 1. The molecule has 0 spiro atoms. The summed E-state index contributed by atoms with van der Waals surface area (Å²) < 4.78 is 39.6. The summed E-state index contributed by atoms with van der Waals surface area (Å²) >= 11 is 0. The summed E-state index contributed by atoms with van der Waals surface area (Å²) in [4.78, 5) is 14.6. The van der Waals surface area contributed by atoms with E-state index in [1.54, 1.807) is 11.0 Å². The molecule has 26 heavy (non-hydrogen) atoms. The Balaban J connectivity index is 1.86. The van der Waals surface area contributed by atoms with Gasteiger partial charge >= 0.3 is 6.18 Å². The summed E-state index contributed by atoms with van der Waals surface area (Å²) in [6.45, 7) is 2.26. The quantitative estimate of drug-likeness (QED) is 0.663. The van der Waals surface area contributed by atoms with E-state index in [9.17, 15) is 18.0 Å². The van der Waals surface area contributed by atoms with Gasteiger partial charge < -0.3 is 15.1 Å². The third-order valence-corrected chi connectivity index (χ3v) is 4.53. The van der Waals surface area contributed by atoms with Crippen molar-refractivity contribution in [2.45, 2.75) is 12.2 Å². The van der Waals surface area contributed by atoms with Crippen LogP contribution >= 0.6 is 0 Å². The maximum atomic E-state index is 13.2. The molecule has 2 aliphatic rings. The summed E-state index contributed by atoms with van der Waals surface area (Å²) in [5, 5.41) is 3.36. The van der Waals surface area contributed by atoms with E-state index < -0.39 is 11.7 Å². The first-order valence-electron chi connectivity index (χ1n) is 8.19. The van der Waals surface area contributed by atoms with Crippen molar-refractivity contribution in [3.8, 4) is 12.5 Å². The van der Waals surface area contributed by atoms with E-state index in [-0.39, 0.29) is 17.9 Å². The Hall–Kier alpha value is -2.72. The van der Waals surface area contributed by atoms with Crippen LogP contribution in [-0.2, 0) is 6.18 Å². The average molecular weight is 361 g/mol. The molecular weight excluding hydrogens is 343 g/mol. The van der Waals surface area contributed by atoms with E-state index in [0.717, 1.165) is 11.8 Å². The lowest BCUT2D eigenvalue weighted by atomic mass is 10.0. The molecule has 136 valence electrons. The molecule has 1 fully saturated rings. The maximum Gasteiger partial charge on any atom is 0.417 e. The van der Waals surface area contributed by atoms with E-state index in [0.29, 0.717) is 31.9 Å². The minimum absolute atomic E-state index is 0.0927. The van der Waals surface area contributed by atoms with Crippen LogP contribution < -0.4 is 10.2 Å². The van der Waals surface area contributed by atoms with Crippen LogP contribution in [0.15, 0.2) is 42.1 Å². The molecule has 0 aliphatic carbocycles. The predicted octanol–water partition coefficient (Wildman–Crippen LogP) is 2.64. The SMILES string of the molecule is C#CN1CC=CC=C1C1CN(c2ccc(C=O)c(C(F)(F)F)c2)CCN1. The van der Waals surface area contributed by atoms with Crippen LogP contribution in [0.2, 0.25) is 0 Å². The van der Waals surface area contributed by atoms with Gasteiger partial charge in [-0.2, -0.15) is 13.2 Å². The zero-order valence-corrected chi connectivity index (χ0v) is 14.0. The molecule has 0 saturated carbocycles. The number of benzene rings is 1. The Morgan fingerprint density at radius 3 is 2.85 bits per heavy atom. The Kier molecular flexibility index (Phi) is 5.05. The molecule has 3 rings (SSSR count). The van der Waals surface area contributed by atoms with Crippen molar-refractivity contribution >= 4 is 12.0 Å². The van der Waals surface area contributed by atoms with Gasteiger partial charge in [-0.05, 0) is 24.3 Å². The number of piperazine rings is 1. The average Bonchev–Trinajstić information content (AvgIpc) is 2.67. The Bertz CT molecular complexity index is 792. The van der Waals surface area contributed by atoms with Gasteiger partial charge in [0.05, 0.1) is 11.6 Å². The monoisotopic (exact) mass is 361 g/mol. The van der Waals surface area contributed by atoms with E-state index in [1.165, 1.54) is 6.07 Å². The lowest BCUT2D eigenvalue weighted by molar-refractivity contribution is -0.137. The molecule has 1 N–H and O–H groups in total. The van der Waals surface area contributed by atoms with E-state index in [1.807, 2.05) is 23.1 Å². The third kappa shape index (κ3) is 3.60. The first-order chi connectivity index (χ1) is 12.4. The van der Waals surface area contributed by atoms with Crippen molar-refractivity contribution in [1.29, 1.82) is 0 Å². The lowest BCUT2D eigenvalue weighted by Gasteiger charge is -2.39. The number of aldehydes is 1. The normalized spacial score (nSPS) is 20.5. The highest BCUT2D eigenvalue weighted by Crippen LogP contribution is 2.34. The van der Waals surface area contributed by atoms with E-state index in [4.69, 9.17) is 6.42 Å². The van der Waals surface area contributed by atoms with Crippen molar-refractivity contribution in [2.75, 3.05) is 31.1 Å². The number of hydrogen-bond acceptors (Lipinski definition) is 4. The van der Waals surface area contributed by atoms with Gasteiger partial charge in [0.25, 0.3) is 0 Å². The molecule has 4 nitrogen and oxygen atoms in total. The molecule has 1 aromatic rings. The number of carbonyl (C=O) groups excluding carboxylic acids is 1. The number of anilines is 1. The van der Waals surface area contributed by atoms with E-state index in [2.05, 4.69) is 11.4 Å². The van der Waals surface area contributed by atoms with Crippen LogP contribution in [-0.4, -0.2) is 43.4 Å². The summed E-state index contributed by atoms with van der Waals surface area (Å²) in [5.74, 6) is 0. The first kappa shape index (κ1) is 18.1. The number of nitrogens with zero attached hydrogens (tertiary/aromatic N) is 2. The number of nitrogens with one attached hydrogen (secondary N) is 1. The van der Waals surface area contributed by atoms with Gasteiger partial charge in [0.1, 0.15) is 0 Å². The zero-order valence-electron chi connectivity index (χ0n) is 14.0. The molecule has 0 radical (unpaired) electrons. The molecule has 1 aromatic carbocycles. The minimum atomic E-state index is -4.57.